The van der Waals surface area contributed by atoms with Crippen LogP contribution in [0.3, 0.4) is 0 Å². The van der Waals surface area contributed by atoms with Crippen molar-refractivity contribution in [3.8, 4) is 0 Å². The number of aliphatic hydroxyl groups is 2. The monoisotopic (exact) mass is 464 g/mol. The summed E-state index contributed by atoms with van der Waals surface area (Å²) in [6.45, 7) is -0.700. The molecule has 5 unspecified atom stereocenters. The number of ether oxygens (including phenoxy) is 1. The van der Waals surface area contributed by atoms with Crippen LogP contribution in [0.5, 0.6) is 0 Å². The zero-order valence-electron chi connectivity index (χ0n) is 17.1. The molecule has 0 radical (unpaired) electrons. The molecule has 0 spiro atoms. The van der Waals surface area contributed by atoms with Crippen LogP contribution in [0.15, 0.2) is 60.7 Å². The van der Waals surface area contributed by atoms with E-state index < -0.39 is 59.1 Å². The van der Waals surface area contributed by atoms with Gasteiger partial charge in [-0.3, -0.25) is 13.8 Å². The molecule has 172 valence electrons. The highest BCUT2D eigenvalue weighted by Gasteiger charge is 2.48. The molecular weight excluding hydrogens is 440 g/mol. The first kappa shape index (κ1) is 23.8. The maximum absolute atomic E-state index is 12.8. The van der Waals surface area contributed by atoms with Gasteiger partial charge in [0.25, 0.3) is 21.9 Å². The van der Waals surface area contributed by atoms with Crippen LogP contribution in [-0.2, 0) is 19.0 Å². The Morgan fingerprint density at radius 2 is 1.41 bits per heavy atom. The Hall–Kier alpha value is -2.83. The van der Waals surface area contributed by atoms with Gasteiger partial charge in [-0.05, 0) is 24.3 Å². The number of benzene rings is 2. The minimum absolute atomic E-state index is 0.264. The first-order chi connectivity index (χ1) is 15.2. The second kappa shape index (κ2) is 10.2. The van der Waals surface area contributed by atoms with E-state index in [-0.39, 0.29) is 11.1 Å². The number of amides is 2. The normalized spacial score (nSPS) is 25.7. The summed E-state index contributed by atoms with van der Waals surface area (Å²) in [5, 5.41) is 25.4. The zero-order valence-corrected chi connectivity index (χ0v) is 17.9. The maximum Gasteiger partial charge on any atom is 0.264 e. The molecule has 3 rings (SSSR count). The fourth-order valence-corrected chi connectivity index (χ4v) is 4.05. The fourth-order valence-electron chi connectivity index (χ4n) is 3.41. The van der Waals surface area contributed by atoms with Crippen molar-refractivity contribution in [2.24, 2.45) is 0 Å². The summed E-state index contributed by atoms with van der Waals surface area (Å²) in [7, 11) is -4.06. The molecule has 0 aliphatic carbocycles. The Kier molecular flexibility index (Phi) is 7.59. The number of rotatable bonds is 7. The van der Waals surface area contributed by atoms with Crippen LogP contribution in [0.1, 0.15) is 20.7 Å². The number of hydrogen-bond acceptors (Lipinski definition) is 8. The van der Waals surface area contributed by atoms with Gasteiger partial charge in [0.15, 0.2) is 6.29 Å². The predicted octanol–water partition coefficient (Wildman–Crippen LogP) is -0.362. The molecule has 1 aliphatic heterocycles. The van der Waals surface area contributed by atoms with Gasteiger partial charge in [0.05, 0.1) is 18.9 Å². The highest BCUT2D eigenvalue weighted by molar-refractivity contribution is 7.86. The Morgan fingerprint density at radius 3 is 1.84 bits per heavy atom. The van der Waals surface area contributed by atoms with Gasteiger partial charge in [-0.15, -0.1) is 0 Å². The van der Waals surface area contributed by atoms with Crippen LogP contribution in [0.4, 0.5) is 0 Å². The molecule has 0 saturated carbocycles. The van der Waals surface area contributed by atoms with E-state index in [9.17, 15) is 28.2 Å². The Labute approximate surface area is 185 Å². The molecule has 5 atom stereocenters. The molecule has 2 aromatic rings. The quantitative estimate of drug-likeness (QED) is 0.406. The predicted molar refractivity (Wildman–Crippen MR) is 113 cm³/mol. The average molecular weight is 464 g/mol. The summed E-state index contributed by atoms with van der Waals surface area (Å²) < 4.78 is 34.2. The van der Waals surface area contributed by atoms with E-state index in [1.54, 1.807) is 60.7 Å². The molecule has 1 heterocycles. The summed E-state index contributed by atoms with van der Waals surface area (Å²) >= 11 is 0. The van der Waals surface area contributed by atoms with Crippen molar-refractivity contribution < 1.29 is 37.1 Å². The third-order valence-corrected chi connectivity index (χ3v) is 5.43. The summed E-state index contributed by atoms with van der Waals surface area (Å²) in [5.41, 5.74) is 0.540. The number of hydrogen-bond donors (Lipinski definition) is 4. The molecular formula is C21H24N2O8S. The summed E-state index contributed by atoms with van der Waals surface area (Å²) in [6.07, 6.45) is -3.57. The second-order valence-corrected chi connectivity index (χ2v) is 8.84. The lowest BCUT2D eigenvalue weighted by Gasteiger charge is -2.44. The first-order valence-corrected chi connectivity index (χ1v) is 11.6. The average Bonchev–Trinajstić information content (AvgIpc) is 2.77. The van der Waals surface area contributed by atoms with Crippen LogP contribution in [0.25, 0.3) is 0 Å². The van der Waals surface area contributed by atoms with E-state index in [4.69, 9.17) is 8.92 Å². The van der Waals surface area contributed by atoms with Crippen molar-refractivity contribution in [1.29, 1.82) is 0 Å². The number of aliphatic hydroxyl groups excluding tert-OH is 2. The summed E-state index contributed by atoms with van der Waals surface area (Å²) in [5.74, 6) is -1.18. The van der Waals surface area contributed by atoms with E-state index in [0.717, 1.165) is 6.26 Å². The van der Waals surface area contributed by atoms with E-state index in [1.165, 1.54) is 0 Å². The van der Waals surface area contributed by atoms with Gasteiger partial charge >= 0.3 is 0 Å². The minimum Gasteiger partial charge on any atom is -0.394 e. The highest BCUT2D eigenvalue weighted by atomic mass is 32.2. The van der Waals surface area contributed by atoms with Gasteiger partial charge in [0.2, 0.25) is 0 Å². The molecule has 2 aromatic carbocycles. The van der Waals surface area contributed by atoms with Gasteiger partial charge in [0, 0.05) is 11.1 Å². The van der Waals surface area contributed by atoms with Crippen molar-refractivity contribution in [2.75, 3.05) is 12.9 Å². The van der Waals surface area contributed by atoms with Gasteiger partial charge in [-0.2, -0.15) is 8.42 Å². The second-order valence-electron chi connectivity index (χ2n) is 7.24. The number of carbonyl (C=O) groups is 2. The van der Waals surface area contributed by atoms with Gasteiger partial charge in [-0.25, -0.2) is 0 Å². The summed E-state index contributed by atoms with van der Waals surface area (Å²) in [4.78, 5) is 25.5. The van der Waals surface area contributed by atoms with E-state index >= 15 is 0 Å². The van der Waals surface area contributed by atoms with Crippen molar-refractivity contribution in [3.63, 3.8) is 0 Å². The Morgan fingerprint density at radius 1 is 0.938 bits per heavy atom. The van der Waals surface area contributed by atoms with Crippen LogP contribution in [0.2, 0.25) is 0 Å². The lowest BCUT2D eigenvalue weighted by molar-refractivity contribution is -0.222. The molecule has 0 bridgehead atoms. The lowest BCUT2D eigenvalue weighted by atomic mass is 9.93. The van der Waals surface area contributed by atoms with E-state index in [1.807, 2.05) is 0 Å². The SMILES string of the molecule is CS(=O)(=O)OC1C(CO)OC(O)C(NC(=O)c2ccccc2)C1NC(=O)c1ccccc1. The van der Waals surface area contributed by atoms with Crippen molar-refractivity contribution in [1.82, 2.24) is 10.6 Å². The van der Waals surface area contributed by atoms with Crippen LogP contribution in [0, 0.1) is 0 Å². The van der Waals surface area contributed by atoms with Crippen molar-refractivity contribution in [2.45, 2.75) is 30.6 Å². The molecule has 2 amide bonds. The Bertz CT molecular complexity index is 1030. The number of nitrogens with one attached hydrogen (secondary N) is 2. The minimum atomic E-state index is -4.06. The molecule has 0 aromatic heterocycles. The third kappa shape index (κ3) is 5.90. The summed E-state index contributed by atoms with van der Waals surface area (Å²) in [6, 6.07) is 13.6. The first-order valence-electron chi connectivity index (χ1n) is 9.74. The largest absolute Gasteiger partial charge is 0.394 e. The number of carbonyl (C=O) groups excluding carboxylic acids is 2. The van der Waals surface area contributed by atoms with Crippen LogP contribution < -0.4 is 10.6 Å². The van der Waals surface area contributed by atoms with Gasteiger partial charge in [-0.1, -0.05) is 36.4 Å². The van der Waals surface area contributed by atoms with E-state index in [2.05, 4.69) is 10.6 Å². The van der Waals surface area contributed by atoms with Gasteiger partial charge < -0.3 is 25.6 Å². The fraction of sp³-hybridized carbons (Fsp3) is 0.333. The maximum atomic E-state index is 12.8. The lowest BCUT2D eigenvalue weighted by Crippen LogP contribution is -2.69. The zero-order chi connectivity index (χ0) is 23.3. The smallest absolute Gasteiger partial charge is 0.264 e. The van der Waals surface area contributed by atoms with Crippen molar-refractivity contribution >= 4 is 21.9 Å². The van der Waals surface area contributed by atoms with Crippen molar-refractivity contribution in [3.05, 3.63) is 71.8 Å². The highest BCUT2D eigenvalue weighted by Crippen LogP contribution is 2.25. The molecule has 11 heteroatoms. The third-order valence-electron chi connectivity index (χ3n) is 4.86. The Balaban J connectivity index is 1.95. The van der Waals surface area contributed by atoms with Crippen LogP contribution >= 0.6 is 0 Å². The molecule has 1 fully saturated rings. The molecule has 4 N–H and O–H groups in total. The topological polar surface area (TPSA) is 151 Å². The molecule has 32 heavy (non-hydrogen) atoms. The molecule has 1 saturated heterocycles. The van der Waals surface area contributed by atoms with Crippen LogP contribution in [-0.4, -0.2) is 73.9 Å². The van der Waals surface area contributed by atoms with Gasteiger partial charge in [0.1, 0.15) is 18.2 Å². The molecule has 10 nitrogen and oxygen atoms in total. The molecule has 1 aliphatic rings. The van der Waals surface area contributed by atoms with E-state index in [0.29, 0.717) is 0 Å². The standard InChI is InChI=1S/C21H24N2O8S/c1-32(28,29)31-18-15(12-24)30-21(27)17(23-20(26)14-10-6-3-7-11-14)16(18)22-19(25)13-8-4-2-5-9-13/h2-11,15-18,21,24,27H,12H2,1H3,(H,22,25)(H,23,26).